The summed E-state index contributed by atoms with van der Waals surface area (Å²) in [7, 11) is 0. The molecule has 1 aliphatic heterocycles. The third-order valence-electron chi connectivity index (χ3n) is 5.86. The Hall–Kier alpha value is -4.93. The number of imide groups is 1. The van der Waals surface area contributed by atoms with Crippen molar-refractivity contribution in [1.82, 2.24) is 19.7 Å². The van der Waals surface area contributed by atoms with E-state index in [9.17, 15) is 24.5 Å². The van der Waals surface area contributed by atoms with Gasteiger partial charge in [-0.1, -0.05) is 24.3 Å². The van der Waals surface area contributed by atoms with Gasteiger partial charge in [0, 0.05) is 30.5 Å². The molecule has 1 aliphatic rings. The molecule has 0 radical (unpaired) electrons. The fourth-order valence-electron chi connectivity index (χ4n) is 4.21. The van der Waals surface area contributed by atoms with Crippen LogP contribution in [0.25, 0.3) is 16.7 Å². The lowest BCUT2D eigenvalue weighted by molar-refractivity contribution is -0.385. The number of hydrogen-bond donors (Lipinski definition) is 1. The second kappa shape index (κ2) is 9.02. The SMILES string of the molecule is Cc1cc(NC(=O)CCCN2C(=O)c3cccc([N+](=O)[O-])c3C2=O)n(-c2ccc3ccccc3n2)n1. The number of carbonyl (C=O) groups excluding carboxylic acids is 3. The molecule has 0 spiro atoms. The number of nitrogens with zero attached hydrogens (tertiary/aromatic N) is 5. The van der Waals surface area contributed by atoms with Gasteiger partial charge in [-0.25, -0.2) is 4.98 Å². The van der Waals surface area contributed by atoms with Crippen molar-refractivity contribution in [3.8, 4) is 5.82 Å². The van der Waals surface area contributed by atoms with Gasteiger partial charge in [0.25, 0.3) is 17.5 Å². The van der Waals surface area contributed by atoms with Gasteiger partial charge in [0.15, 0.2) is 5.82 Å². The van der Waals surface area contributed by atoms with Crippen LogP contribution in [0.4, 0.5) is 11.5 Å². The summed E-state index contributed by atoms with van der Waals surface area (Å²) in [6.45, 7) is 1.76. The number of nitro groups is 1. The van der Waals surface area contributed by atoms with E-state index in [1.165, 1.54) is 18.2 Å². The minimum absolute atomic E-state index is 0.000846. The van der Waals surface area contributed by atoms with E-state index in [0.29, 0.717) is 17.3 Å². The first-order chi connectivity index (χ1) is 17.3. The van der Waals surface area contributed by atoms with E-state index in [1.54, 1.807) is 17.7 Å². The number of benzene rings is 2. The lowest BCUT2D eigenvalue weighted by atomic mass is 10.1. The summed E-state index contributed by atoms with van der Waals surface area (Å²) in [5, 5.41) is 19.5. The lowest BCUT2D eigenvalue weighted by Crippen LogP contribution is -2.31. The zero-order valence-electron chi connectivity index (χ0n) is 19.2. The van der Waals surface area contributed by atoms with Gasteiger partial charge >= 0.3 is 0 Å². The fraction of sp³-hybridized carbons (Fsp3) is 0.160. The highest BCUT2D eigenvalue weighted by Gasteiger charge is 2.40. The Morgan fingerprint density at radius 3 is 2.67 bits per heavy atom. The van der Waals surface area contributed by atoms with Crippen LogP contribution in [0.3, 0.4) is 0 Å². The van der Waals surface area contributed by atoms with Gasteiger partial charge in [-0.2, -0.15) is 9.78 Å². The maximum absolute atomic E-state index is 12.7. The highest BCUT2D eigenvalue weighted by Crippen LogP contribution is 2.31. The molecule has 36 heavy (non-hydrogen) atoms. The lowest BCUT2D eigenvalue weighted by Gasteiger charge is -2.13. The molecule has 0 aliphatic carbocycles. The zero-order valence-corrected chi connectivity index (χ0v) is 19.2. The average molecular weight is 484 g/mol. The monoisotopic (exact) mass is 484 g/mol. The predicted molar refractivity (Wildman–Crippen MR) is 130 cm³/mol. The molecule has 0 fully saturated rings. The number of aryl methyl sites for hydroxylation is 1. The molecule has 0 saturated carbocycles. The maximum atomic E-state index is 12.7. The van der Waals surface area contributed by atoms with Crippen molar-refractivity contribution >= 4 is 40.1 Å². The number of carbonyl (C=O) groups is 3. The minimum atomic E-state index is -0.723. The van der Waals surface area contributed by atoms with E-state index >= 15 is 0 Å². The van der Waals surface area contributed by atoms with Crippen molar-refractivity contribution in [3.63, 3.8) is 0 Å². The molecular formula is C25H20N6O5. The first-order valence-corrected chi connectivity index (χ1v) is 11.2. The Bertz CT molecular complexity index is 1560. The number of pyridine rings is 1. The molecule has 2 aromatic heterocycles. The van der Waals surface area contributed by atoms with Crippen LogP contribution in [0.1, 0.15) is 39.3 Å². The zero-order chi connectivity index (χ0) is 25.4. The number of para-hydroxylation sites is 1. The van der Waals surface area contributed by atoms with E-state index in [4.69, 9.17) is 0 Å². The van der Waals surface area contributed by atoms with Crippen LogP contribution in [0, 0.1) is 17.0 Å². The van der Waals surface area contributed by atoms with Crippen molar-refractivity contribution in [2.45, 2.75) is 19.8 Å². The molecule has 1 N–H and O–H groups in total. The maximum Gasteiger partial charge on any atom is 0.282 e. The molecule has 180 valence electrons. The Kier molecular flexibility index (Phi) is 5.72. The van der Waals surface area contributed by atoms with Crippen LogP contribution >= 0.6 is 0 Å². The minimum Gasteiger partial charge on any atom is -0.311 e. The van der Waals surface area contributed by atoms with E-state index in [0.717, 1.165) is 15.8 Å². The molecule has 0 bridgehead atoms. The summed E-state index contributed by atoms with van der Waals surface area (Å²) in [5.74, 6) is -0.671. The van der Waals surface area contributed by atoms with Crippen molar-refractivity contribution in [2.24, 2.45) is 0 Å². The third-order valence-corrected chi connectivity index (χ3v) is 5.86. The normalized spacial score (nSPS) is 12.8. The van der Waals surface area contributed by atoms with Gasteiger partial charge in [0.05, 0.1) is 21.7 Å². The number of aromatic nitrogens is 3. The smallest absolute Gasteiger partial charge is 0.282 e. The van der Waals surface area contributed by atoms with Crippen LogP contribution in [-0.2, 0) is 4.79 Å². The van der Waals surface area contributed by atoms with Crippen molar-refractivity contribution < 1.29 is 19.3 Å². The highest BCUT2D eigenvalue weighted by atomic mass is 16.6. The molecule has 11 nitrogen and oxygen atoms in total. The number of fused-ring (bicyclic) bond motifs is 2. The van der Waals surface area contributed by atoms with E-state index in [-0.39, 0.29) is 36.4 Å². The third kappa shape index (κ3) is 4.06. The van der Waals surface area contributed by atoms with E-state index in [2.05, 4.69) is 15.4 Å². The summed E-state index contributed by atoms with van der Waals surface area (Å²) in [5.41, 5.74) is 0.867. The second-order valence-corrected chi connectivity index (χ2v) is 8.32. The highest BCUT2D eigenvalue weighted by molar-refractivity contribution is 6.23. The van der Waals surface area contributed by atoms with Crippen LogP contribution in [0.5, 0.6) is 0 Å². The van der Waals surface area contributed by atoms with Gasteiger partial charge in [0.2, 0.25) is 5.91 Å². The Balaban J connectivity index is 1.25. The fourth-order valence-corrected chi connectivity index (χ4v) is 4.21. The summed E-state index contributed by atoms with van der Waals surface area (Å²) in [4.78, 5) is 54.1. The molecule has 3 amide bonds. The Morgan fingerprint density at radius 1 is 1.06 bits per heavy atom. The summed E-state index contributed by atoms with van der Waals surface area (Å²) in [6, 6.07) is 17.1. The number of nitrogens with one attached hydrogen (secondary N) is 1. The average Bonchev–Trinajstić information content (AvgIpc) is 3.35. The van der Waals surface area contributed by atoms with Gasteiger partial charge in [-0.3, -0.25) is 29.4 Å². The van der Waals surface area contributed by atoms with Gasteiger partial charge in [-0.05, 0) is 37.6 Å². The quantitative estimate of drug-likeness (QED) is 0.240. The van der Waals surface area contributed by atoms with Crippen LogP contribution in [0.2, 0.25) is 0 Å². The van der Waals surface area contributed by atoms with Crippen molar-refractivity contribution in [3.05, 3.63) is 87.6 Å². The number of anilines is 1. The molecular weight excluding hydrogens is 464 g/mol. The first kappa shape index (κ1) is 22.8. The number of nitro benzene ring substituents is 1. The molecule has 0 atom stereocenters. The van der Waals surface area contributed by atoms with Crippen LogP contribution in [0.15, 0.2) is 60.7 Å². The van der Waals surface area contributed by atoms with Gasteiger partial charge < -0.3 is 5.32 Å². The predicted octanol–water partition coefficient (Wildman–Crippen LogP) is 3.65. The second-order valence-electron chi connectivity index (χ2n) is 8.32. The standard InChI is InChI=1S/C25H20N6O5/c1-15-14-21(30(28-15)20-12-11-16-6-2-3-8-18(16)26-20)27-22(32)10-5-13-29-24(33)17-7-4-9-19(31(35)36)23(17)25(29)34/h2-4,6-9,11-12,14H,5,10,13H2,1H3,(H,27,32). The summed E-state index contributed by atoms with van der Waals surface area (Å²) < 4.78 is 1.54. The molecule has 3 heterocycles. The Labute approximate surface area is 204 Å². The topological polar surface area (TPSA) is 140 Å². The summed E-state index contributed by atoms with van der Waals surface area (Å²) >= 11 is 0. The number of rotatable bonds is 7. The molecule has 0 saturated heterocycles. The molecule has 11 heteroatoms. The number of hydrogen-bond acceptors (Lipinski definition) is 7. The van der Waals surface area contributed by atoms with E-state index in [1.807, 2.05) is 36.4 Å². The van der Waals surface area contributed by atoms with Crippen LogP contribution in [-0.4, -0.2) is 48.9 Å². The largest absolute Gasteiger partial charge is 0.311 e. The van der Waals surface area contributed by atoms with Gasteiger partial charge in [-0.15, -0.1) is 0 Å². The molecule has 2 aromatic carbocycles. The molecule has 4 aromatic rings. The van der Waals surface area contributed by atoms with Gasteiger partial charge in [0.1, 0.15) is 11.4 Å². The van der Waals surface area contributed by atoms with Crippen molar-refractivity contribution in [2.75, 3.05) is 11.9 Å². The molecule has 5 rings (SSSR count). The molecule has 0 unspecified atom stereocenters. The van der Waals surface area contributed by atoms with Crippen molar-refractivity contribution in [1.29, 1.82) is 0 Å². The summed E-state index contributed by atoms with van der Waals surface area (Å²) in [6.07, 6.45) is 0.206. The van der Waals surface area contributed by atoms with Crippen LogP contribution < -0.4 is 5.32 Å². The number of amides is 3. The van der Waals surface area contributed by atoms with E-state index < -0.39 is 22.4 Å². The first-order valence-electron chi connectivity index (χ1n) is 11.2. The Morgan fingerprint density at radius 2 is 1.86 bits per heavy atom.